The molecule has 3 nitrogen and oxygen atoms in total. The van der Waals surface area contributed by atoms with Gasteiger partial charge in [-0.25, -0.2) is 4.39 Å². The van der Waals surface area contributed by atoms with Crippen LogP contribution >= 0.6 is 0 Å². The van der Waals surface area contributed by atoms with Crippen molar-refractivity contribution in [2.24, 2.45) is 0 Å². The van der Waals surface area contributed by atoms with Crippen molar-refractivity contribution in [2.45, 2.75) is 33.2 Å². The smallest absolute Gasteiger partial charge is 0.258 e. The van der Waals surface area contributed by atoms with Gasteiger partial charge < -0.3 is 10.1 Å². The largest absolute Gasteiger partial charge is 0.484 e. The van der Waals surface area contributed by atoms with Crippen molar-refractivity contribution >= 4 is 5.91 Å². The van der Waals surface area contributed by atoms with Gasteiger partial charge in [-0.15, -0.1) is 0 Å². The molecule has 0 fully saturated rings. The van der Waals surface area contributed by atoms with E-state index in [1.165, 1.54) is 35.4 Å². The number of hydrogen-bond acceptors (Lipinski definition) is 2. The van der Waals surface area contributed by atoms with Crippen LogP contribution in [0.2, 0.25) is 0 Å². The number of benzene rings is 2. The van der Waals surface area contributed by atoms with Gasteiger partial charge in [-0.3, -0.25) is 4.79 Å². The molecule has 0 unspecified atom stereocenters. The Morgan fingerprint density at radius 2 is 1.78 bits per heavy atom. The van der Waals surface area contributed by atoms with E-state index in [-0.39, 0.29) is 18.3 Å². The number of amides is 1. The summed E-state index contributed by atoms with van der Waals surface area (Å²) in [4.78, 5) is 11.9. The van der Waals surface area contributed by atoms with Gasteiger partial charge in [-0.2, -0.15) is 0 Å². The maximum Gasteiger partial charge on any atom is 0.258 e. The lowest BCUT2D eigenvalue weighted by atomic mass is 10.0. The zero-order chi connectivity index (χ0) is 16.7. The van der Waals surface area contributed by atoms with Crippen molar-refractivity contribution in [1.82, 2.24) is 5.32 Å². The summed E-state index contributed by atoms with van der Waals surface area (Å²) in [5, 5.41) is 2.87. The Balaban J connectivity index is 1.87. The molecular formula is C19H22FNO2. The lowest BCUT2D eigenvalue weighted by Gasteiger charge is -2.12. The van der Waals surface area contributed by atoms with Crippen molar-refractivity contribution in [1.29, 1.82) is 0 Å². The van der Waals surface area contributed by atoms with Crippen LogP contribution < -0.4 is 10.1 Å². The van der Waals surface area contributed by atoms with Gasteiger partial charge in [-0.05, 0) is 53.8 Å². The molecule has 0 aliphatic rings. The molecule has 23 heavy (non-hydrogen) atoms. The van der Waals surface area contributed by atoms with Crippen molar-refractivity contribution in [3.8, 4) is 5.75 Å². The van der Waals surface area contributed by atoms with Crippen molar-refractivity contribution < 1.29 is 13.9 Å². The third-order valence-corrected chi connectivity index (χ3v) is 3.72. The Bertz CT molecular complexity index is 653. The molecule has 0 spiro atoms. The SMILES string of the molecule is CCc1ccc(CC)c(CNC(=O)COc2ccc(F)cc2)c1. The van der Waals surface area contributed by atoms with E-state index in [0.717, 1.165) is 18.4 Å². The number of aryl methyl sites for hydroxylation is 2. The Morgan fingerprint density at radius 1 is 1.04 bits per heavy atom. The molecule has 0 aliphatic carbocycles. The first-order chi connectivity index (χ1) is 11.1. The molecule has 0 saturated heterocycles. The molecular weight excluding hydrogens is 293 g/mol. The molecule has 2 rings (SSSR count). The molecule has 2 aromatic carbocycles. The van der Waals surface area contributed by atoms with Crippen LogP contribution in [0.4, 0.5) is 4.39 Å². The molecule has 0 aromatic heterocycles. The molecule has 0 atom stereocenters. The highest BCUT2D eigenvalue weighted by Crippen LogP contribution is 2.14. The van der Waals surface area contributed by atoms with Crippen LogP contribution in [0.3, 0.4) is 0 Å². The van der Waals surface area contributed by atoms with Crippen LogP contribution in [0, 0.1) is 5.82 Å². The molecule has 122 valence electrons. The molecule has 1 N–H and O–H groups in total. The summed E-state index contributed by atoms with van der Waals surface area (Å²) in [6, 6.07) is 12.0. The van der Waals surface area contributed by atoms with Crippen molar-refractivity contribution in [3.05, 3.63) is 65.0 Å². The first-order valence-electron chi connectivity index (χ1n) is 7.88. The van der Waals surface area contributed by atoms with Crippen molar-refractivity contribution in [3.63, 3.8) is 0 Å². The normalized spacial score (nSPS) is 10.4. The highest BCUT2D eigenvalue weighted by atomic mass is 19.1. The van der Waals surface area contributed by atoms with Gasteiger partial charge in [0.15, 0.2) is 6.61 Å². The van der Waals surface area contributed by atoms with Gasteiger partial charge >= 0.3 is 0 Å². The number of carbonyl (C=O) groups excluding carboxylic acids is 1. The Morgan fingerprint density at radius 3 is 2.43 bits per heavy atom. The number of nitrogens with one attached hydrogen (secondary N) is 1. The van der Waals surface area contributed by atoms with E-state index in [9.17, 15) is 9.18 Å². The van der Waals surface area contributed by atoms with Crippen LogP contribution in [-0.4, -0.2) is 12.5 Å². The molecule has 0 bridgehead atoms. The summed E-state index contributed by atoms with van der Waals surface area (Å²) >= 11 is 0. The second-order valence-electron chi connectivity index (χ2n) is 5.33. The highest BCUT2D eigenvalue weighted by Gasteiger charge is 2.06. The first kappa shape index (κ1) is 17.0. The summed E-state index contributed by atoms with van der Waals surface area (Å²) in [5.74, 6) is -0.0493. The maximum absolute atomic E-state index is 12.8. The molecule has 0 radical (unpaired) electrons. The highest BCUT2D eigenvalue weighted by molar-refractivity contribution is 5.77. The van der Waals surface area contributed by atoms with E-state index in [2.05, 4.69) is 37.4 Å². The summed E-state index contributed by atoms with van der Waals surface area (Å²) in [6.07, 6.45) is 1.90. The minimum atomic E-state index is -0.329. The fourth-order valence-electron chi connectivity index (χ4n) is 2.33. The van der Waals surface area contributed by atoms with Gasteiger partial charge in [0.1, 0.15) is 11.6 Å². The van der Waals surface area contributed by atoms with Crippen LogP contribution in [-0.2, 0) is 24.2 Å². The number of carbonyl (C=O) groups is 1. The average molecular weight is 315 g/mol. The quantitative estimate of drug-likeness (QED) is 0.847. The van der Waals surface area contributed by atoms with E-state index in [4.69, 9.17) is 4.74 Å². The first-order valence-corrected chi connectivity index (χ1v) is 7.88. The van der Waals surface area contributed by atoms with E-state index >= 15 is 0 Å². The predicted octanol–water partition coefficient (Wildman–Crippen LogP) is 3.65. The number of halogens is 1. The second kappa shape index (κ2) is 8.32. The molecule has 4 heteroatoms. The Labute approximate surface area is 136 Å². The molecule has 2 aromatic rings. The lowest BCUT2D eigenvalue weighted by Crippen LogP contribution is -2.28. The van der Waals surface area contributed by atoms with Crippen LogP contribution in [0.15, 0.2) is 42.5 Å². The van der Waals surface area contributed by atoms with Gasteiger partial charge in [-0.1, -0.05) is 32.0 Å². The third-order valence-electron chi connectivity index (χ3n) is 3.72. The molecule has 1 amide bonds. The predicted molar refractivity (Wildman–Crippen MR) is 88.9 cm³/mol. The minimum absolute atomic E-state index is 0.0828. The van der Waals surface area contributed by atoms with Gasteiger partial charge in [0, 0.05) is 6.54 Å². The van der Waals surface area contributed by atoms with E-state index in [1.54, 1.807) is 0 Å². The Kier molecular flexibility index (Phi) is 6.15. The fourth-order valence-corrected chi connectivity index (χ4v) is 2.33. The monoisotopic (exact) mass is 315 g/mol. The number of rotatable bonds is 7. The average Bonchev–Trinajstić information content (AvgIpc) is 2.59. The zero-order valence-electron chi connectivity index (χ0n) is 13.6. The van der Waals surface area contributed by atoms with Gasteiger partial charge in [0.25, 0.3) is 5.91 Å². The van der Waals surface area contributed by atoms with Gasteiger partial charge in [0.05, 0.1) is 0 Å². The van der Waals surface area contributed by atoms with Crippen LogP contribution in [0.25, 0.3) is 0 Å². The van der Waals surface area contributed by atoms with Crippen LogP contribution in [0.5, 0.6) is 5.75 Å². The standard InChI is InChI=1S/C19H22FNO2/c1-3-14-5-6-15(4-2)16(11-14)12-21-19(22)13-23-18-9-7-17(20)8-10-18/h5-11H,3-4,12-13H2,1-2H3,(H,21,22). The third kappa shape index (κ3) is 5.09. The lowest BCUT2D eigenvalue weighted by molar-refractivity contribution is -0.123. The topological polar surface area (TPSA) is 38.3 Å². The Hall–Kier alpha value is -2.36. The minimum Gasteiger partial charge on any atom is -0.484 e. The maximum atomic E-state index is 12.8. The van der Waals surface area contributed by atoms with Crippen molar-refractivity contribution in [2.75, 3.05) is 6.61 Å². The van der Waals surface area contributed by atoms with Gasteiger partial charge in [0.2, 0.25) is 0 Å². The molecule has 0 heterocycles. The number of hydrogen-bond donors (Lipinski definition) is 1. The summed E-state index contributed by atoms with van der Waals surface area (Å²) in [7, 11) is 0. The second-order valence-corrected chi connectivity index (χ2v) is 5.33. The van der Waals surface area contributed by atoms with Crippen LogP contribution in [0.1, 0.15) is 30.5 Å². The molecule has 0 saturated carbocycles. The summed E-state index contributed by atoms with van der Waals surface area (Å²) < 4.78 is 18.1. The fraction of sp³-hybridized carbons (Fsp3) is 0.316. The molecule has 0 aliphatic heterocycles. The summed E-state index contributed by atoms with van der Waals surface area (Å²) in [5.41, 5.74) is 3.64. The summed E-state index contributed by atoms with van der Waals surface area (Å²) in [6.45, 7) is 4.62. The van der Waals surface area contributed by atoms with E-state index in [1.807, 2.05) is 0 Å². The van der Waals surface area contributed by atoms with E-state index in [0.29, 0.717) is 12.3 Å². The zero-order valence-corrected chi connectivity index (χ0v) is 13.6. The number of ether oxygens (including phenoxy) is 1. The van der Waals surface area contributed by atoms with E-state index < -0.39 is 0 Å².